The standard InChI is InChI=1S/C30H28FN3O3/c1-4-34(16-14-22-7-5-6-15-32-22)29(36)20-10-8-19(9-11-20)24-18-26(37-30(24,2)3)27-23-13-12-21(31)17-25(23)33-28(27)35/h5-13,15,17-18H,4,14,16H2,1-3H3,(H,33,35)/b27-26+. The summed E-state index contributed by atoms with van der Waals surface area (Å²) in [4.78, 5) is 32.0. The number of amides is 2. The lowest BCUT2D eigenvalue weighted by atomic mass is 9.91. The molecule has 0 unspecified atom stereocenters. The number of ether oxygens (including phenoxy) is 1. The van der Waals surface area contributed by atoms with Crippen LogP contribution in [0.5, 0.6) is 0 Å². The molecule has 3 aromatic rings. The number of hydrogen-bond donors (Lipinski definition) is 1. The predicted octanol–water partition coefficient (Wildman–Crippen LogP) is 5.48. The third-order valence-corrected chi connectivity index (χ3v) is 6.74. The van der Waals surface area contributed by atoms with Gasteiger partial charge in [-0.25, -0.2) is 4.39 Å². The second kappa shape index (κ2) is 9.65. The maximum absolute atomic E-state index is 13.6. The maximum atomic E-state index is 13.6. The monoisotopic (exact) mass is 497 g/mol. The van der Waals surface area contributed by atoms with Gasteiger partial charge in [0.25, 0.3) is 11.8 Å². The molecule has 1 N–H and O–H groups in total. The van der Waals surface area contributed by atoms with Gasteiger partial charge < -0.3 is 15.0 Å². The molecule has 7 heteroatoms. The van der Waals surface area contributed by atoms with Gasteiger partial charge in [0.05, 0.1) is 11.3 Å². The Balaban J connectivity index is 1.38. The number of benzene rings is 2. The highest BCUT2D eigenvalue weighted by molar-refractivity contribution is 6.32. The van der Waals surface area contributed by atoms with E-state index in [-0.39, 0.29) is 11.8 Å². The van der Waals surface area contributed by atoms with Gasteiger partial charge in [-0.2, -0.15) is 0 Å². The van der Waals surface area contributed by atoms with Crippen LogP contribution in [0.2, 0.25) is 0 Å². The molecule has 0 fully saturated rings. The molecule has 0 radical (unpaired) electrons. The number of carbonyl (C=O) groups excluding carboxylic acids is 2. The molecule has 2 aliphatic rings. The Morgan fingerprint density at radius 3 is 2.59 bits per heavy atom. The van der Waals surface area contributed by atoms with Crippen molar-refractivity contribution in [2.75, 3.05) is 18.4 Å². The molecule has 5 rings (SSSR count). The zero-order chi connectivity index (χ0) is 26.2. The number of carbonyl (C=O) groups is 2. The fourth-order valence-electron chi connectivity index (χ4n) is 4.78. The molecule has 2 amide bonds. The van der Waals surface area contributed by atoms with Crippen molar-refractivity contribution in [3.63, 3.8) is 0 Å². The van der Waals surface area contributed by atoms with Crippen LogP contribution in [0.4, 0.5) is 10.1 Å². The molecule has 0 atom stereocenters. The molecule has 0 aliphatic carbocycles. The quantitative estimate of drug-likeness (QED) is 0.458. The zero-order valence-electron chi connectivity index (χ0n) is 21.0. The van der Waals surface area contributed by atoms with E-state index in [2.05, 4.69) is 10.3 Å². The van der Waals surface area contributed by atoms with Crippen LogP contribution in [-0.2, 0) is 16.0 Å². The highest BCUT2D eigenvalue weighted by Crippen LogP contribution is 2.44. The average molecular weight is 498 g/mol. The number of likely N-dealkylation sites (N-methyl/N-ethyl adjacent to an activating group) is 1. The fraction of sp³-hybridized carbons (Fsp3) is 0.233. The minimum absolute atomic E-state index is 0.0323. The van der Waals surface area contributed by atoms with Gasteiger partial charge in [-0.1, -0.05) is 18.2 Å². The van der Waals surface area contributed by atoms with Crippen LogP contribution in [-0.4, -0.2) is 40.4 Å². The Kier molecular flexibility index (Phi) is 6.38. The van der Waals surface area contributed by atoms with Gasteiger partial charge in [0.15, 0.2) is 0 Å². The molecule has 2 aromatic carbocycles. The van der Waals surface area contributed by atoms with Crippen LogP contribution in [0.3, 0.4) is 0 Å². The molecule has 6 nitrogen and oxygen atoms in total. The third-order valence-electron chi connectivity index (χ3n) is 6.74. The molecule has 0 saturated carbocycles. The molecular weight excluding hydrogens is 469 g/mol. The Morgan fingerprint density at radius 1 is 1.11 bits per heavy atom. The lowest BCUT2D eigenvalue weighted by molar-refractivity contribution is -0.111. The van der Waals surface area contributed by atoms with E-state index in [1.165, 1.54) is 12.1 Å². The summed E-state index contributed by atoms with van der Waals surface area (Å²) in [5, 5.41) is 2.71. The highest BCUT2D eigenvalue weighted by atomic mass is 19.1. The summed E-state index contributed by atoms with van der Waals surface area (Å²) in [5.41, 5.74) is 4.07. The third kappa shape index (κ3) is 4.77. The summed E-state index contributed by atoms with van der Waals surface area (Å²) in [6, 6.07) is 17.5. The van der Waals surface area contributed by atoms with Crippen molar-refractivity contribution in [2.45, 2.75) is 32.8 Å². The van der Waals surface area contributed by atoms with E-state index in [0.717, 1.165) is 16.8 Å². The predicted molar refractivity (Wildman–Crippen MR) is 141 cm³/mol. The highest BCUT2D eigenvalue weighted by Gasteiger charge is 2.38. The zero-order valence-corrected chi connectivity index (χ0v) is 21.0. The summed E-state index contributed by atoms with van der Waals surface area (Å²) in [6.45, 7) is 7.02. The largest absolute Gasteiger partial charge is 0.482 e. The van der Waals surface area contributed by atoms with Gasteiger partial charge in [-0.05, 0) is 74.9 Å². The van der Waals surface area contributed by atoms with E-state index in [0.29, 0.717) is 47.7 Å². The van der Waals surface area contributed by atoms with Crippen molar-refractivity contribution in [3.05, 3.63) is 107 Å². The molecule has 0 bridgehead atoms. The molecule has 2 aliphatic heterocycles. The Labute approximate surface area is 215 Å². The van der Waals surface area contributed by atoms with Crippen LogP contribution in [0.25, 0.3) is 11.1 Å². The van der Waals surface area contributed by atoms with Gasteiger partial charge in [0.1, 0.15) is 17.2 Å². The summed E-state index contributed by atoms with van der Waals surface area (Å²) in [6.07, 6.45) is 4.31. The fourth-order valence-corrected chi connectivity index (χ4v) is 4.78. The van der Waals surface area contributed by atoms with Crippen molar-refractivity contribution < 1.29 is 18.7 Å². The van der Waals surface area contributed by atoms with E-state index in [1.54, 1.807) is 12.3 Å². The van der Waals surface area contributed by atoms with Crippen molar-refractivity contribution in [1.29, 1.82) is 0 Å². The minimum Gasteiger partial charge on any atom is -0.482 e. The topological polar surface area (TPSA) is 71.5 Å². The lowest BCUT2D eigenvalue weighted by Gasteiger charge is -2.24. The van der Waals surface area contributed by atoms with Gasteiger partial charge in [0.2, 0.25) is 0 Å². The number of hydrogen-bond acceptors (Lipinski definition) is 4. The minimum atomic E-state index is -0.699. The van der Waals surface area contributed by atoms with Crippen molar-refractivity contribution >= 4 is 28.6 Å². The maximum Gasteiger partial charge on any atom is 0.260 e. The number of nitrogens with one attached hydrogen (secondary N) is 1. The van der Waals surface area contributed by atoms with Gasteiger partial charge in [-0.15, -0.1) is 0 Å². The van der Waals surface area contributed by atoms with E-state index in [4.69, 9.17) is 4.74 Å². The average Bonchev–Trinajstić information content (AvgIpc) is 3.38. The summed E-state index contributed by atoms with van der Waals surface area (Å²) < 4.78 is 19.9. The Morgan fingerprint density at radius 2 is 1.89 bits per heavy atom. The first-order valence-electron chi connectivity index (χ1n) is 12.3. The number of aromatic nitrogens is 1. The molecule has 3 heterocycles. The second-order valence-corrected chi connectivity index (χ2v) is 9.59. The number of allylic oxidation sites excluding steroid dienone is 1. The summed E-state index contributed by atoms with van der Waals surface area (Å²) in [5.74, 6) is -0.331. The number of anilines is 1. The molecular formula is C30H28FN3O3. The SMILES string of the molecule is CCN(CCc1ccccn1)C(=O)c1ccc(C2=C/C(=C3\C(=O)Nc4cc(F)ccc43)OC2(C)C)cc1. The molecule has 37 heavy (non-hydrogen) atoms. The first-order chi connectivity index (χ1) is 17.8. The van der Waals surface area contributed by atoms with E-state index in [9.17, 15) is 14.0 Å². The lowest BCUT2D eigenvalue weighted by Crippen LogP contribution is -2.32. The van der Waals surface area contributed by atoms with Crippen molar-refractivity contribution in [1.82, 2.24) is 9.88 Å². The summed E-state index contributed by atoms with van der Waals surface area (Å²) >= 11 is 0. The number of fused-ring (bicyclic) bond motifs is 1. The first-order valence-corrected chi connectivity index (χ1v) is 12.3. The first kappa shape index (κ1) is 24.4. The number of pyridine rings is 1. The van der Waals surface area contributed by atoms with E-state index < -0.39 is 11.4 Å². The molecule has 1 aromatic heterocycles. The van der Waals surface area contributed by atoms with Crippen LogP contribution in [0, 0.1) is 5.82 Å². The Bertz CT molecular complexity index is 1430. The van der Waals surface area contributed by atoms with Crippen LogP contribution >= 0.6 is 0 Å². The van der Waals surface area contributed by atoms with Crippen LogP contribution < -0.4 is 5.32 Å². The van der Waals surface area contributed by atoms with E-state index in [1.807, 2.05) is 74.2 Å². The second-order valence-electron chi connectivity index (χ2n) is 9.59. The molecule has 0 spiro atoms. The molecule has 188 valence electrons. The normalized spacial score (nSPS) is 17.6. The molecule has 0 saturated heterocycles. The van der Waals surface area contributed by atoms with Gasteiger partial charge in [-0.3, -0.25) is 14.6 Å². The van der Waals surface area contributed by atoms with Crippen LogP contribution in [0.15, 0.2) is 78.7 Å². The van der Waals surface area contributed by atoms with Crippen molar-refractivity contribution in [2.24, 2.45) is 0 Å². The van der Waals surface area contributed by atoms with Crippen LogP contribution in [0.1, 0.15) is 48.0 Å². The smallest absolute Gasteiger partial charge is 0.260 e. The summed E-state index contributed by atoms with van der Waals surface area (Å²) in [7, 11) is 0. The number of halogens is 1. The van der Waals surface area contributed by atoms with Crippen molar-refractivity contribution in [3.8, 4) is 0 Å². The number of nitrogens with zero attached hydrogens (tertiary/aromatic N) is 2. The van der Waals surface area contributed by atoms with E-state index >= 15 is 0 Å². The number of rotatable bonds is 6. The van der Waals surface area contributed by atoms with Gasteiger partial charge >= 0.3 is 0 Å². The Hall–Kier alpha value is -4.26. The van der Waals surface area contributed by atoms with Gasteiger partial charge in [0, 0.05) is 48.1 Å².